The van der Waals surface area contributed by atoms with Gasteiger partial charge in [-0.15, -0.1) is 0 Å². The molecule has 5 nitrogen and oxygen atoms in total. The number of imide groups is 1. The quantitative estimate of drug-likeness (QED) is 0.838. The normalized spacial score (nSPS) is 28.8. The summed E-state index contributed by atoms with van der Waals surface area (Å²) < 4.78 is 0. The van der Waals surface area contributed by atoms with Gasteiger partial charge < -0.3 is 5.73 Å². The second-order valence-corrected chi connectivity index (χ2v) is 6.49. The molecule has 2 N–H and O–H groups in total. The minimum Gasteiger partial charge on any atom is -0.308 e. The molecule has 1 saturated heterocycles. The average Bonchev–Trinajstić information content (AvgIpc) is 2.96. The summed E-state index contributed by atoms with van der Waals surface area (Å²) in [5, 5.41) is 9.43. The molecule has 108 valence electrons. The molecular weight excluding hydrogens is 266 g/mol. The molecule has 3 unspecified atom stereocenters. The molecule has 21 heavy (non-hydrogen) atoms. The van der Waals surface area contributed by atoms with Crippen LogP contribution >= 0.6 is 0 Å². The zero-order chi connectivity index (χ0) is 15.4. The molecule has 1 aliphatic carbocycles. The maximum atomic E-state index is 12.3. The maximum absolute atomic E-state index is 12.3. The number of nitrogens with zero attached hydrogens (tertiary/aromatic N) is 2. The van der Waals surface area contributed by atoms with Crippen LogP contribution in [-0.2, 0) is 15.1 Å². The highest BCUT2D eigenvalue weighted by atomic mass is 16.2. The van der Waals surface area contributed by atoms with E-state index >= 15 is 0 Å². The average molecular weight is 283 g/mol. The monoisotopic (exact) mass is 283 g/mol. The summed E-state index contributed by atoms with van der Waals surface area (Å²) in [6, 6.07) is 10.9. The largest absolute Gasteiger partial charge is 0.308 e. The molecule has 1 aliphatic heterocycles. The number of hydrogen-bond donors (Lipinski definition) is 1. The third-order valence-corrected chi connectivity index (χ3v) is 4.79. The van der Waals surface area contributed by atoms with Gasteiger partial charge in [0.1, 0.15) is 5.54 Å². The van der Waals surface area contributed by atoms with Crippen LogP contribution in [0.2, 0.25) is 0 Å². The molecule has 2 aliphatic rings. The summed E-state index contributed by atoms with van der Waals surface area (Å²) in [5.41, 5.74) is 5.13. The zero-order valence-corrected chi connectivity index (χ0v) is 12.0. The van der Waals surface area contributed by atoms with Gasteiger partial charge in [-0.1, -0.05) is 44.2 Å². The van der Waals surface area contributed by atoms with Gasteiger partial charge in [0.15, 0.2) is 0 Å². The van der Waals surface area contributed by atoms with Gasteiger partial charge in [-0.3, -0.25) is 14.5 Å². The summed E-state index contributed by atoms with van der Waals surface area (Å²) in [5.74, 6) is -0.889. The first kappa shape index (κ1) is 13.8. The third kappa shape index (κ3) is 1.79. The minimum absolute atomic E-state index is 0.0890. The maximum Gasteiger partial charge on any atom is 0.233 e. The highest BCUT2D eigenvalue weighted by Gasteiger charge is 2.72. The van der Waals surface area contributed by atoms with Crippen molar-refractivity contribution in [2.24, 2.45) is 23.0 Å². The lowest BCUT2D eigenvalue weighted by atomic mass is 9.91. The lowest BCUT2D eigenvalue weighted by Gasteiger charge is -2.29. The van der Waals surface area contributed by atoms with Crippen molar-refractivity contribution in [3.05, 3.63) is 35.9 Å². The van der Waals surface area contributed by atoms with Crippen molar-refractivity contribution >= 4 is 11.8 Å². The second kappa shape index (κ2) is 4.15. The molecule has 0 spiro atoms. The molecular formula is C16H17N3O2. The first-order chi connectivity index (χ1) is 9.83. The van der Waals surface area contributed by atoms with E-state index in [0.29, 0.717) is 5.56 Å². The fourth-order valence-corrected chi connectivity index (χ4v) is 3.34. The number of amides is 2. The SMILES string of the molecule is CC1(C)C2C(=O)N(CC(N)(C#N)c3ccccc3)C(=O)C21. The molecule has 1 saturated carbocycles. The van der Waals surface area contributed by atoms with E-state index in [1.165, 1.54) is 0 Å². The molecule has 1 aromatic rings. The molecule has 2 amide bonds. The Balaban J connectivity index is 1.86. The van der Waals surface area contributed by atoms with E-state index in [1.807, 2.05) is 26.0 Å². The van der Waals surface area contributed by atoms with Gasteiger partial charge in [-0.05, 0) is 11.0 Å². The van der Waals surface area contributed by atoms with E-state index in [-0.39, 0.29) is 35.6 Å². The fourth-order valence-electron chi connectivity index (χ4n) is 3.34. The predicted molar refractivity (Wildman–Crippen MR) is 75.4 cm³/mol. The molecule has 3 atom stereocenters. The number of fused-ring (bicyclic) bond motifs is 1. The van der Waals surface area contributed by atoms with Crippen molar-refractivity contribution in [3.8, 4) is 6.07 Å². The number of carbonyl (C=O) groups is 2. The molecule has 0 radical (unpaired) electrons. The Morgan fingerprint density at radius 3 is 2.24 bits per heavy atom. The molecule has 1 aromatic carbocycles. The van der Waals surface area contributed by atoms with Crippen LogP contribution in [0.1, 0.15) is 19.4 Å². The molecule has 0 bridgehead atoms. The summed E-state index contributed by atoms with van der Waals surface area (Å²) in [6.45, 7) is 3.76. The van der Waals surface area contributed by atoms with Gasteiger partial charge in [0.05, 0.1) is 24.4 Å². The summed E-state index contributed by atoms with van der Waals surface area (Å²) in [4.78, 5) is 25.8. The van der Waals surface area contributed by atoms with E-state index in [2.05, 4.69) is 0 Å². The molecule has 3 rings (SSSR count). The second-order valence-electron chi connectivity index (χ2n) is 6.49. The van der Waals surface area contributed by atoms with Crippen LogP contribution in [0.25, 0.3) is 0 Å². The van der Waals surface area contributed by atoms with Gasteiger partial charge in [0, 0.05) is 0 Å². The van der Waals surface area contributed by atoms with E-state index in [1.54, 1.807) is 24.3 Å². The van der Waals surface area contributed by atoms with Crippen LogP contribution in [0, 0.1) is 28.6 Å². The third-order valence-electron chi connectivity index (χ3n) is 4.79. The summed E-state index contributed by atoms with van der Waals surface area (Å²) >= 11 is 0. The van der Waals surface area contributed by atoms with Crippen LogP contribution in [0.3, 0.4) is 0 Å². The van der Waals surface area contributed by atoms with Crippen LogP contribution in [0.4, 0.5) is 0 Å². The Morgan fingerprint density at radius 2 is 1.76 bits per heavy atom. The smallest absolute Gasteiger partial charge is 0.233 e. The van der Waals surface area contributed by atoms with Crippen LogP contribution in [-0.4, -0.2) is 23.3 Å². The van der Waals surface area contributed by atoms with E-state index in [0.717, 1.165) is 4.90 Å². The predicted octanol–water partition coefficient (Wildman–Crippen LogP) is 1.01. The van der Waals surface area contributed by atoms with E-state index < -0.39 is 5.54 Å². The number of carbonyl (C=O) groups excluding carboxylic acids is 2. The lowest BCUT2D eigenvalue weighted by Crippen LogP contribution is -2.50. The number of likely N-dealkylation sites (tertiary alicyclic amines) is 1. The zero-order valence-electron chi connectivity index (χ0n) is 12.0. The van der Waals surface area contributed by atoms with Crippen molar-refractivity contribution in [3.63, 3.8) is 0 Å². The molecule has 5 heteroatoms. The first-order valence-electron chi connectivity index (χ1n) is 6.94. The van der Waals surface area contributed by atoms with Crippen LogP contribution in [0.5, 0.6) is 0 Å². The topological polar surface area (TPSA) is 87.2 Å². The summed E-state index contributed by atoms with van der Waals surface area (Å²) in [7, 11) is 0. The Labute approximate surface area is 123 Å². The Hall–Kier alpha value is -2.19. The molecule has 1 heterocycles. The van der Waals surface area contributed by atoms with Crippen LogP contribution < -0.4 is 5.73 Å². The number of nitrogens with two attached hydrogens (primary N) is 1. The fraction of sp³-hybridized carbons (Fsp3) is 0.438. The van der Waals surface area contributed by atoms with E-state index in [9.17, 15) is 14.9 Å². The first-order valence-corrected chi connectivity index (χ1v) is 6.94. The molecule has 0 aromatic heterocycles. The van der Waals surface area contributed by atoms with Gasteiger partial charge in [-0.25, -0.2) is 0 Å². The van der Waals surface area contributed by atoms with E-state index in [4.69, 9.17) is 5.73 Å². The number of piperidine rings is 1. The number of nitriles is 1. The van der Waals surface area contributed by atoms with Crippen molar-refractivity contribution < 1.29 is 9.59 Å². The van der Waals surface area contributed by atoms with Crippen molar-refractivity contribution in [1.29, 1.82) is 5.26 Å². The Morgan fingerprint density at radius 1 is 1.24 bits per heavy atom. The molecule has 2 fully saturated rings. The van der Waals surface area contributed by atoms with Crippen molar-refractivity contribution in [2.75, 3.05) is 6.54 Å². The van der Waals surface area contributed by atoms with Gasteiger partial charge in [0.25, 0.3) is 0 Å². The number of benzene rings is 1. The van der Waals surface area contributed by atoms with Gasteiger partial charge >= 0.3 is 0 Å². The standard InChI is InChI=1S/C16H17N3O2/c1-15(2)11-12(15)14(21)19(13(11)20)9-16(18,8-17)10-6-4-3-5-7-10/h3-7,11-12H,9,18H2,1-2H3. The van der Waals surface area contributed by atoms with Crippen molar-refractivity contribution in [2.45, 2.75) is 19.4 Å². The highest BCUT2D eigenvalue weighted by molar-refractivity contribution is 6.10. The summed E-state index contributed by atoms with van der Waals surface area (Å²) in [6.07, 6.45) is 0. The van der Waals surface area contributed by atoms with Crippen molar-refractivity contribution in [1.82, 2.24) is 4.90 Å². The van der Waals surface area contributed by atoms with Gasteiger partial charge in [-0.2, -0.15) is 5.26 Å². The highest BCUT2D eigenvalue weighted by Crippen LogP contribution is 2.63. The van der Waals surface area contributed by atoms with Crippen LogP contribution in [0.15, 0.2) is 30.3 Å². The van der Waals surface area contributed by atoms with Gasteiger partial charge in [0.2, 0.25) is 11.8 Å². The lowest BCUT2D eigenvalue weighted by molar-refractivity contribution is -0.143. The Bertz CT molecular complexity index is 638. The minimum atomic E-state index is -1.37. The number of hydrogen-bond acceptors (Lipinski definition) is 4. The number of rotatable bonds is 3. The Kier molecular flexibility index (Phi) is 2.72.